The number of imide groups is 1. The van der Waals surface area contributed by atoms with Crippen LogP contribution in [-0.4, -0.2) is 40.4 Å². The Kier molecular flexibility index (Phi) is 2.64. The van der Waals surface area contributed by atoms with Gasteiger partial charge in [0.15, 0.2) is 0 Å². The zero-order valence-corrected chi connectivity index (χ0v) is 8.79. The summed E-state index contributed by atoms with van der Waals surface area (Å²) < 4.78 is 0. The maximum atomic E-state index is 11.8. The first-order valence-corrected chi connectivity index (χ1v) is 4.96. The molecule has 1 aliphatic rings. The van der Waals surface area contributed by atoms with E-state index in [2.05, 4.69) is 0 Å². The molecule has 6 nitrogen and oxygen atoms in total. The fourth-order valence-electron chi connectivity index (χ4n) is 1.68. The molecule has 0 saturated carbocycles. The molecule has 2 rings (SSSR count). The van der Waals surface area contributed by atoms with Crippen molar-refractivity contribution < 1.29 is 19.5 Å². The number of benzene rings is 1. The molecule has 17 heavy (non-hydrogen) atoms. The van der Waals surface area contributed by atoms with Gasteiger partial charge in [-0.2, -0.15) is 0 Å². The number of amides is 2. The van der Waals surface area contributed by atoms with Gasteiger partial charge >= 0.3 is 5.97 Å². The molecule has 3 N–H and O–H groups in total. The summed E-state index contributed by atoms with van der Waals surface area (Å²) in [5.74, 6) is -2.24. The number of hydrogen-bond donors (Lipinski definition) is 2. The molecule has 1 unspecified atom stereocenters. The van der Waals surface area contributed by atoms with Crippen LogP contribution in [0.15, 0.2) is 24.3 Å². The van der Waals surface area contributed by atoms with Crippen LogP contribution in [0.3, 0.4) is 0 Å². The predicted molar refractivity (Wildman–Crippen MR) is 57.4 cm³/mol. The van der Waals surface area contributed by atoms with Gasteiger partial charge in [-0.1, -0.05) is 12.1 Å². The lowest BCUT2D eigenvalue weighted by Gasteiger charge is -2.16. The molecule has 1 aromatic carbocycles. The number of rotatable bonds is 3. The van der Waals surface area contributed by atoms with Crippen LogP contribution in [0.5, 0.6) is 0 Å². The highest BCUT2D eigenvalue weighted by molar-refractivity contribution is 6.21. The second-order valence-electron chi connectivity index (χ2n) is 3.71. The fourth-order valence-corrected chi connectivity index (χ4v) is 1.68. The largest absolute Gasteiger partial charge is 0.480 e. The topological polar surface area (TPSA) is 101 Å². The molecule has 0 fully saturated rings. The van der Waals surface area contributed by atoms with E-state index in [-0.39, 0.29) is 17.7 Å². The number of nitrogens with two attached hydrogens (primary N) is 1. The normalized spacial score (nSPS) is 15.9. The van der Waals surface area contributed by atoms with E-state index in [1.807, 2.05) is 0 Å². The van der Waals surface area contributed by atoms with Gasteiger partial charge in [-0.25, -0.2) is 0 Å². The van der Waals surface area contributed by atoms with Crippen molar-refractivity contribution in [3.05, 3.63) is 35.4 Å². The zero-order chi connectivity index (χ0) is 12.6. The average Bonchev–Trinajstić information content (AvgIpc) is 2.55. The van der Waals surface area contributed by atoms with Crippen molar-refractivity contribution >= 4 is 17.8 Å². The monoisotopic (exact) mass is 234 g/mol. The van der Waals surface area contributed by atoms with Crippen molar-refractivity contribution in [2.24, 2.45) is 5.73 Å². The van der Waals surface area contributed by atoms with Crippen LogP contribution < -0.4 is 5.73 Å². The van der Waals surface area contributed by atoms with Gasteiger partial charge in [0.1, 0.15) is 6.04 Å². The highest BCUT2D eigenvalue weighted by Gasteiger charge is 2.36. The number of carboxylic acids is 1. The maximum absolute atomic E-state index is 11.8. The molecule has 1 heterocycles. The fraction of sp³-hybridized carbons (Fsp3) is 0.182. The number of aliphatic carboxylic acids is 1. The van der Waals surface area contributed by atoms with Gasteiger partial charge < -0.3 is 10.8 Å². The number of carboxylic acid groups (broad SMARTS) is 1. The van der Waals surface area contributed by atoms with Crippen LogP contribution >= 0.6 is 0 Å². The third-order valence-corrected chi connectivity index (χ3v) is 2.57. The van der Waals surface area contributed by atoms with Crippen molar-refractivity contribution in [3.63, 3.8) is 0 Å². The standard InChI is InChI=1S/C11H10N2O4/c12-8(11(16)17)5-13-9(14)6-3-1-2-4-7(6)10(13)15/h1-4,8H,5,12H2,(H,16,17). The molecular weight excluding hydrogens is 224 g/mol. The van der Waals surface area contributed by atoms with Crippen LogP contribution in [0.2, 0.25) is 0 Å². The number of carbonyl (C=O) groups is 3. The molecule has 0 radical (unpaired) electrons. The van der Waals surface area contributed by atoms with Crippen molar-refractivity contribution in [2.45, 2.75) is 6.04 Å². The van der Waals surface area contributed by atoms with Crippen LogP contribution in [0.25, 0.3) is 0 Å². The quantitative estimate of drug-likeness (QED) is 0.699. The van der Waals surface area contributed by atoms with Gasteiger partial charge in [-0.05, 0) is 12.1 Å². The Morgan fingerprint density at radius 1 is 1.24 bits per heavy atom. The molecule has 1 aliphatic heterocycles. The van der Waals surface area contributed by atoms with Crippen LogP contribution in [0.1, 0.15) is 20.7 Å². The minimum absolute atomic E-state index is 0.287. The summed E-state index contributed by atoms with van der Waals surface area (Å²) in [6, 6.07) is 5.08. The summed E-state index contributed by atoms with van der Waals surface area (Å²) in [5.41, 5.74) is 5.88. The van der Waals surface area contributed by atoms with E-state index in [4.69, 9.17) is 10.8 Å². The van der Waals surface area contributed by atoms with Crippen molar-refractivity contribution in [1.29, 1.82) is 0 Å². The first kappa shape index (κ1) is 11.3. The molecule has 0 aliphatic carbocycles. The molecule has 0 aromatic heterocycles. The Morgan fingerprint density at radius 3 is 2.12 bits per heavy atom. The molecule has 1 aromatic rings. The lowest BCUT2D eigenvalue weighted by atomic mass is 10.1. The van der Waals surface area contributed by atoms with Crippen molar-refractivity contribution in [2.75, 3.05) is 6.54 Å². The number of fused-ring (bicyclic) bond motifs is 1. The third-order valence-electron chi connectivity index (χ3n) is 2.57. The summed E-state index contributed by atoms with van der Waals surface area (Å²) in [4.78, 5) is 35.1. The van der Waals surface area contributed by atoms with E-state index < -0.39 is 23.8 Å². The number of nitrogens with zero attached hydrogens (tertiary/aromatic N) is 1. The lowest BCUT2D eigenvalue weighted by molar-refractivity contribution is -0.138. The van der Waals surface area contributed by atoms with Gasteiger partial charge in [0, 0.05) is 0 Å². The smallest absolute Gasteiger partial charge is 0.322 e. The number of carbonyl (C=O) groups excluding carboxylic acids is 2. The van der Waals surface area contributed by atoms with E-state index in [1.165, 1.54) is 12.1 Å². The molecule has 0 saturated heterocycles. The summed E-state index contributed by atoms with van der Waals surface area (Å²) in [6.07, 6.45) is 0. The molecule has 1 atom stereocenters. The summed E-state index contributed by atoms with van der Waals surface area (Å²) in [7, 11) is 0. The van der Waals surface area contributed by atoms with E-state index in [9.17, 15) is 14.4 Å². The maximum Gasteiger partial charge on any atom is 0.322 e. The third kappa shape index (κ3) is 1.78. The van der Waals surface area contributed by atoms with Crippen LogP contribution in [0, 0.1) is 0 Å². The Morgan fingerprint density at radius 2 is 1.71 bits per heavy atom. The highest BCUT2D eigenvalue weighted by Crippen LogP contribution is 2.22. The second kappa shape index (κ2) is 3.99. The van der Waals surface area contributed by atoms with Gasteiger partial charge in [0.05, 0.1) is 17.7 Å². The zero-order valence-electron chi connectivity index (χ0n) is 8.79. The SMILES string of the molecule is NC(CN1C(=O)c2ccccc2C1=O)C(=O)O. The summed E-state index contributed by atoms with van der Waals surface area (Å²) in [6.45, 7) is -0.318. The molecular formula is C11H10N2O4. The van der Waals surface area contributed by atoms with E-state index in [0.717, 1.165) is 4.90 Å². The summed E-state index contributed by atoms with van der Waals surface area (Å²) in [5, 5.41) is 8.66. The predicted octanol–water partition coefficient (Wildman–Crippen LogP) is -0.306. The van der Waals surface area contributed by atoms with Gasteiger partial charge in [-0.15, -0.1) is 0 Å². The lowest BCUT2D eigenvalue weighted by Crippen LogP contribution is -2.45. The Labute approximate surface area is 96.6 Å². The minimum atomic E-state index is -1.27. The van der Waals surface area contributed by atoms with Gasteiger partial charge in [0.25, 0.3) is 11.8 Å². The number of hydrogen-bond acceptors (Lipinski definition) is 4. The Bertz CT molecular complexity index is 477. The molecule has 2 amide bonds. The second-order valence-corrected chi connectivity index (χ2v) is 3.71. The first-order chi connectivity index (χ1) is 8.02. The molecule has 6 heteroatoms. The minimum Gasteiger partial charge on any atom is -0.480 e. The van der Waals surface area contributed by atoms with Gasteiger partial charge in [0.2, 0.25) is 0 Å². The molecule has 0 bridgehead atoms. The Balaban J connectivity index is 2.27. The van der Waals surface area contributed by atoms with Gasteiger partial charge in [-0.3, -0.25) is 19.3 Å². The van der Waals surface area contributed by atoms with Crippen molar-refractivity contribution in [1.82, 2.24) is 4.90 Å². The molecule has 0 spiro atoms. The van der Waals surface area contributed by atoms with E-state index >= 15 is 0 Å². The van der Waals surface area contributed by atoms with E-state index in [1.54, 1.807) is 12.1 Å². The summed E-state index contributed by atoms with van der Waals surface area (Å²) >= 11 is 0. The van der Waals surface area contributed by atoms with Crippen molar-refractivity contribution in [3.8, 4) is 0 Å². The first-order valence-electron chi connectivity index (χ1n) is 4.96. The highest BCUT2D eigenvalue weighted by atomic mass is 16.4. The Hall–Kier alpha value is -2.21. The van der Waals surface area contributed by atoms with E-state index in [0.29, 0.717) is 0 Å². The van der Waals surface area contributed by atoms with Crippen LogP contribution in [0.4, 0.5) is 0 Å². The molecule has 88 valence electrons. The van der Waals surface area contributed by atoms with Crippen LogP contribution in [-0.2, 0) is 4.79 Å². The average molecular weight is 234 g/mol.